The van der Waals surface area contributed by atoms with Crippen LogP contribution >= 0.6 is 27.3 Å². The lowest BCUT2D eigenvalue weighted by molar-refractivity contribution is -0.139. The van der Waals surface area contributed by atoms with Crippen LogP contribution in [0.2, 0.25) is 0 Å². The van der Waals surface area contributed by atoms with Gasteiger partial charge in [-0.15, -0.1) is 0 Å². The molecule has 0 unspecified atom stereocenters. The number of hydrogen-bond donors (Lipinski definition) is 0. The molecule has 0 bridgehead atoms. The molecule has 0 spiro atoms. The highest BCUT2D eigenvalue weighted by atomic mass is 79.9. The molecule has 0 radical (unpaired) electrons. The molecule has 240 valence electrons. The number of nitrogens with zero attached hydrogens (tertiary/aromatic N) is 2. The number of ether oxygens (including phenoxy) is 4. The molecule has 10 heteroatoms. The average Bonchev–Trinajstić information content (AvgIpc) is 3.31. The first kappa shape index (κ1) is 33.2. The van der Waals surface area contributed by atoms with Crippen LogP contribution in [0, 0.1) is 6.92 Å². The van der Waals surface area contributed by atoms with E-state index in [1.165, 1.54) is 16.9 Å². The quantitative estimate of drug-likeness (QED) is 0.163. The molecule has 46 heavy (non-hydrogen) atoms. The van der Waals surface area contributed by atoms with Crippen LogP contribution in [0.5, 0.6) is 17.2 Å². The highest BCUT2D eigenvalue weighted by molar-refractivity contribution is 9.10. The molecule has 3 aromatic carbocycles. The number of aromatic nitrogens is 1. The fourth-order valence-corrected chi connectivity index (χ4v) is 6.84. The van der Waals surface area contributed by atoms with Crippen LogP contribution in [0.4, 0.5) is 0 Å². The molecule has 0 N–H and O–H groups in total. The van der Waals surface area contributed by atoms with Crippen LogP contribution in [0.3, 0.4) is 0 Å². The largest absolute Gasteiger partial charge is 0.491 e. The first-order valence-electron chi connectivity index (χ1n) is 15.2. The normalized spacial score (nSPS) is 14.6. The van der Waals surface area contributed by atoms with Gasteiger partial charge in [-0.25, -0.2) is 9.79 Å². The Bertz CT molecular complexity index is 1960. The minimum atomic E-state index is -0.782. The summed E-state index contributed by atoms with van der Waals surface area (Å²) in [4.78, 5) is 32.7. The summed E-state index contributed by atoms with van der Waals surface area (Å²) in [5.41, 5.74) is 4.15. The number of fused-ring (bicyclic) bond motifs is 1. The van der Waals surface area contributed by atoms with Crippen molar-refractivity contribution in [2.75, 3.05) is 13.2 Å². The fraction of sp³-hybridized carbons (Fsp3) is 0.306. The molecule has 1 aromatic heterocycles. The Balaban J connectivity index is 1.61. The number of carbonyl (C=O) groups excluding carboxylic acids is 1. The number of para-hydroxylation sites is 1. The van der Waals surface area contributed by atoms with Crippen LogP contribution in [-0.2, 0) is 16.1 Å². The number of rotatable bonds is 11. The highest BCUT2D eigenvalue weighted by Gasteiger charge is 2.35. The minimum absolute atomic E-state index is 0.116. The number of aryl methyl sites for hydroxylation is 1. The summed E-state index contributed by atoms with van der Waals surface area (Å²) < 4.78 is 26.4. The van der Waals surface area contributed by atoms with Gasteiger partial charge < -0.3 is 18.9 Å². The summed E-state index contributed by atoms with van der Waals surface area (Å²) in [6, 6.07) is 18.6. The molecular weight excluding hydrogens is 668 g/mol. The van der Waals surface area contributed by atoms with Crippen LogP contribution in [0.15, 0.2) is 86.2 Å². The molecule has 2 heterocycles. The van der Waals surface area contributed by atoms with Gasteiger partial charge in [-0.05, 0) is 92.9 Å². The standard InChI is InChI=1S/C36H37BrN2O6S/c1-7-42-29-18-25(17-27(37)33(29)44-20-24-15-13-22(5)14-16-24)19-30-34(40)39-32(26-11-9-10-12-28(26)45-21(3)4)31(35(41)43-8-2)23(6)38-36(39)46-30/h9-19,21,32H,7-8,20H2,1-6H3/b30-19+/t32-/m1/s1. The van der Waals surface area contributed by atoms with Gasteiger partial charge in [-0.1, -0.05) is 59.4 Å². The number of thiazole rings is 1. The second kappa shape index (κ2) is 14.5. The zero-order chi connectivity index (χ0) is 33.0. The first-order chi connectivity index (χ1) is 22.1. The maximum atomic E-state index is 14.2. The second-order valence-corrected chi connectivity index (χ2v) is 12.9. The fourth-order valence-electron chi connectivity index (χ4n) is 5.22. The van der Waals surface area contributed by atoms with Gasteiger partial charge in [0.1, 0.15) is 18.4 Å². The van der Waals surface area contributed by atoms with Crippen LogP contribution in [0.1, 0.15) is 62.9 Å². The van der Waals surface area contributed by atoms with Crippen molar-refractivity contribution in [2.24, 2.45) is 4.99 Å². The van der Waals surface area contributed by atoms with Crippen molar-refractivity contribution < 1.29 is 23.7 Å². The summed E-state index contributed by atoms with van der Waals surface area (Å²) in [5.74, 6) is 1.20. The van der Waals surface area contributed by atoms with Crippen molar-refractivity contribution in [3.05, 3.63) is 118 Å². The van der Waals surface area contributed by atoms with Gasteiger partial charge >= 0.3 is 5.97 Å². The third-order valence-corrected chi connectivity index (χ3v) is 8.80. The Morgan fingerprint density at radius 3 is 2.46 bits per heavy atom. The summed E-state index contributed by atoms with van der Waals surface area (Å²) in [5, 5.41) is 0. The van der Waals surface area contributed by atoms with Gasteiger partial charge in [0.05, 0.1) is 39.6 Å². The van der Waals surface area contributed by atoms with E-state index < -0.39 is 12.0 Å². The van der Waals surface area contributed by atoms with Crippen molar-refractivity contribution in [1.82, 2.24) is 4.57 Å². The molecule has 1 aliphatic rings. The Kier molecular flexibility index (Phi) is 10.5. The smallest absolute Gasteiger partial charge is 0.338 e. The molecule has 0 fully saturated rings. The van der Waals surface area contributed by atoms with Crippen LogP contribution in [0.25, 0.3) is 6.08 Å². The van der Waals surface area contributed by atoms with E-state index in [0.717, 1.165) is 11.1 Å². The molecule has 0 aliphatic carbocycles. The number of carbonyl (C=O) groups is 1. The van der Waals surface area contributed by atoms with Gasteiger partial charge in [-0.3, -0.25) is 9.36 Å². The molecule has 1 atom stereocenters. The number of hydrogen-bond acceptors (Lipinski definition) is 8. The molecule has 8 nitrogen and oxygen atoms in total. The Labute approximate surface area is 280 Å². The molecule has 0 amide bonds. The van der Waals surface area contributed by atoms with E-state index in [0.29, 0.717) is 61.1 Å². The van der Waals surface area contributed by atoms with E-state index >= 15 is 0 Å². The van der Waals surface area contributed by atoms with E-state index in [-0.39, 0.29) is 18.3 Å². The summed E-state index contributed by atoms with van der Waals surface area (Å²) in [6.45, 7) is 12.3. The maximum absolute atomic E-state index is 14.2. The van der Waals surface area contributed by atoms with Gasteiger partial charge in [0, 0.05) is 5.56 Å². The predicted molar refractivity (Wildman–Crippen MR) is 183 cm³/mol. The van der Waals surface area contributed by atoms with E-state index in [1.807, 2.05) is 88.4 Å². The zero-order valence-corrected chi connectivity index (χ0v) is 29.2. The van der Waals surface area contributed by atoms with E-state index in [9.17, 15) is 9.59 Å². The Morgan fingerprint density at radius 2 is 1.76 bits per heavy atom. The Morgan fingerprint density at radius 1 is 1.02 bits per heavy atom. The minimum Gasteiger partial charge on any atom is -0.491 e. The van der Waals surface area contributed by atoms with Crippen molar-refractivity contribution in [1.29, 1.82) is 0 Å². The molecule has 4 aromatic rings. The lowest BCUT2D eigenvalue weighted by Gasteiger charge is -2.26. The van der Waals surface area contributed by atoms with E-state index in [1.54, 1.807) is 24.5 Å². The monoisotopic (exact) mass is 704 g/mol. The summed E-state index contributed by atoms with van der Waals surface area (Å²) in [6.07, 6.45) is 1.69. The van der Waals surface area contributed by atoms with E-state index in [2.05, 4.69) is 15.9 Å². The van der Waals surface area contributed by atoms with Gasteiger partial charge in [-0.2, -0.15) is 0 Å². The summed E-state index contributed by atoms with van der Waals surface area (Å²) >= 11 is 4.92. The lowest BCUT2D eigenvalue weighted by atomic mass is 9.95. The van der Waals surface area contributed by atoms with Crippen molar-refractivity contribution in [3.63, 3.8) is 0 Å². The first-order valence-corrected chi connectivity index (χ1v) is 16.8. The maximum Gasteiger partial charge on any atom is 0.338 e. The van der Waals surface area contributed by atoms with Crippen LogP contribution in [-0.4, -0.2) is 29.9 Å². The van der Waals surface area contributed by atoms with Gasteiger partial charge in [0.15, 0.2) is 16.3 Å². The SMILES string of the molecule is CCOC(=O)C1=C(C)N=c2s/c(=C/c3cc(Br)c(OCc4ccc(C)cc4)c(OCC)c3)c(=O)n2[C@@H]1c1ccccc1OC(C)C. The predicted octanol–water partition coefficient (Wildman–Crippen LogP) is 6.63. The number of halogens is 1. The molecule has 5 rings (SSSR count). The zero-order valence-electron chi connectivity index (χ0n) is 26.8. The number of allylic oxidation sites excluding steroid dienone is 1. The Hall–Kier alpha value is -4.15. The third kappa shape index (κ3) is 7.13. The second-order valence-electron chi connectivity index (χ2n) is 11.0. The third-order valence-electron chi connectivity index (χ3n) is 7.23. The molecular formula is C36H37BrN2O6S. The topological polar surface area (TPSA) is 88.4 Å². The summed E-state index contributed by atoms with van der Waals surface area (Å²) in [7, 11) is 0. The van der Waals surface area contributed by atoms with Crippen molar-refractivity contribution >= 4 is 39.3 Å². The van der Waals surface area contributed by atoms with Gasteiger partial charge in [0.25, 0.3) is 5.56 Å². The van der Waals surface area contributed by atoms with Gasteiger partial charge in [0.2, 0.25) is 0 Å². The lowest BCUT2D eigenvalue weighted by Crippen LogP contribution is -2.40. The van der Waals surface area contributed by atoms with Crippen molar-refractivity contribution in [3.8, 4) is 17.2 Å². The number of esters is 1. The molecule has 1 aliphatic heterocycles. The van der Waals surface area contributed by atoms with Crippen LogP contribution < -0.4 is 29.1 Å². The van der Waals surface area contributed by atoms with E-state index in [4.69, 9.17) is 23.9 Å². The molecule has 0 saturated heterocycles. The van der Waals surface area contributed by atoms with Crippen molar-refractivity contribution in [2.45, 2.75) is 60.3 Å². The number of benzene rings is 3. The molecule has 0 saturated carbocycles. The average molecular weight is 706 g/mol. The highest BCUT2D eigenvalue weighted by Crippen LogP contribution is 2.38.